The molecular weight excluding hydrogens is 346 g/mol. The third-order valence-electron chi connectivity index (χ3n) is 3.07. The SMILES string of the molecule is CCOc1ccc2nc(NC(=O)CNC(=O)c3cccs3)sc2c1. The molecule has 2 amide bonds. The molecule has 0 spiro atoms. The highest BCUT2D eigenvalue weighted by molar-refractivity contribution is 7.22. The van der Waals surface area contributed by atoms with Crippen LogP contribution in [0.15, 0.2) is 35.7 Å². The van der Waals surface area contributed by atoms with E-state index in [1.165, 1.54) is 22.7 Å². The molecule has 8 heteroatoms. The van der Waals surface area contributed by atoms with Crippen LogP contribution in [0.1, 0.15) is 16.6 Å². The van der Waals surface area contributed by atoms with Crippen molar-refractivity contribution >= 4 is 49.8 Å². The molecule has 0 aliphatic carbocycles. The van der Waals surface area contributed by atoms with Crippen molar-refractivity contribution < 1.29 is 14.3 Å². The minimum Gasteiger partial charge on any atom is -0.494 e. The van der Waals surface area contributed by atoms with Crippen LogP contribution in [0, 0.1) is 0 Å². The Hall–Kier alpha value is -2.45. The van der Waals surface area contributed by atoms with E-state index in [1.54, 1.807) is 12.1 Å². The molecule has 0 aliphatic heterocycles. The number of benzene rings is 1. The molecule has 3 rings (SSSR count). The van der Waals surface area contributed by atoms with Crippen molar-refractivity contribution in [3.63, 3.8) is 0 Å². The second-order valence-electron chi connectivity index (χ2n) is 4.79. The monoisotopic (exact) mass is 361 g/mol. The number of nitrogens with zero attached hydrogens (tertiary/aromatic N) is 1. The zero-order valence-electron chi connectivity index (χ0n) is 12.9. The van der Waals surface area contributed by atoms with Gasteiger partial charge in [0.25, 0.3) is 5.91 Å². The summed E-state index contributed by atoms with van der Waals surface area (Å²) < 4.78 is 6.38. The third-order valence-corrected chi connectivity index (χ3v) is 4.87. The number of rotatable bonds is 6. The Morgan fingerprint density at radius 3 is 2.92 bits per heavy atom. The van der Waals surface area contributed by atoms with Crippen molar-refractivity contribution in [2.45, 2.75) is 6.92 Å². The molecule has 3 aromatic rings. The van der Waals surface area contributed by atoms with Crippen molar-refractivity contribution in [1.82, 2.24) is 10.3 Å². The van der Waals surface area contributed by atoms with Gasteiger partial charge in [-0.1, -0.05) is 17.4 Å². The predicted molar refractivity (Wildman–Crippen MR) is 96.1 cm³/mol. The van der Waals surface area contributed by atoms with Crippen LogP contribution in [0.3, 0.4) is 0 Å². The fourth-order valence-corrected chi connectivity index (χ4v) is 3.58. The highest BCUT2D eigenvalue weighted by atomic mass is 32.1. The van der Waals surface area contributed by atoms with Crippen molar-refractivity contribution in [3.8, 4) is 5.75 Å². The van der Waals surface area contributed by atoms with Gasteiger partial charge < -0.3 is 15.4 Å². The molecule has 2 N–H and O–H groups in total. The average Bonchev–Trinajstić information content (AvgIpc) is 3.21. The molecule has 0 unspecified atom stereocenters. The smallest absolute Gasteiger partial charge is 0.261 e. The third kappa shape index (κ3) is 3.90. The van der Waals surface area contributed by atoms with E-state index in [-0.39, 0.29) is 18.4 Å². The van der Waals surface area contributed by atoms with Gasteiger partial charge in [0.15, 0.2) is 5.13 Å². The van der Waals surface area contributed by atoms with Gasteiger partial charge >= 0.3 is 0 Å². The van der Waals surface area contributed by atoms with E-state index in [9.17, 15) is 9.59 Å². The number of nitrogens with one attached hydrogen (secondary N) is 2. The number of fused-ring (bicyclic) bond motifs is 1. The first-order valence-electron chi connectivity index (χ1n) is 7.30. The van der Waals surface area contributed by atoms with Gasteiger partial charge in [0.2, 0.25) is 5.91 Å². The Kier molecular flexibility index (Phi) is 5.07. The lowest BCUT2D eigenvalue weighted by molar-refractivity contribution is -0.115. The maximum atomic E-state index is 12.0. The maximum absolute atomic E-state index is 12.0. The number of amides is 2. The fourth-order valence-electron chi connectivity index (χ4n) is 2.03. The van der Waals surface area contributed by atoms with Gasteiger partial charge in [-0.05, 0) is 36.6 Å². The van der Waals surface area contributed by atoms with Crippen molar-refractivity contribution in [3.05, 3.63) is 40.6 Å². The fraction of sp³-hybridized carbons (Fsp3) is 0.188. The van der Waals surface area contributed by atoms with Crippen LogP contribution in [0.5, 0.6) is 5.75 Å². The van der Waals surface area contributed by atoms with Crippen LogP contribution in [0.4, 0.5) is 5.13 Å². The maximum Gasteiger partial charge on any atom is 0.261 e. The van der Waals surface area contributed by atoms with E-state index in [4.69, 9.17) is 4.74 Å². The van der Waals surface area contributed by atoms with Gasteiger partial charge in [0.1, 0.15) is 5.75 Å². The number of hydrogen-bond acceptors (Lipinski definition) is 6. The normalized spacial score (nSPS) is 10.5. The molecule has 2 heterocycles. The quantitative estimate of drug-likeness (QED) is 0.707. The Balaban J connectivity index is 1.59. The number of aromatic nitrogens is 1. The van der Waals surface area contributed by atoms with E-state index in [0.717, 1.165) is 16.0 Å². The van der Waals surface area contributed by atoms with E-state index in [0.29, 0.717) is 16.6 Å². The number of carbonyl (C=O) groups is 2. The van der Waals surface area contributed by atoms with Crippen LogP contribution in [-0.2, 0) is 4.79 Å². The molecular formula is C16H15N3O3S2. The first-order chi connectivity index (χ1) is 11.7. The summed E-state index contributed by atoms with van der Waals surface area (Å²) in [6.45, 7) is 2.42. The van der Waals surface area contributed by atoms with Gasteiger partial charge in [-0.15, -0.1) is 11.3 Å². The first-order valence-corrected chi connectivity index (χ1v) is 9.00. The molecule has 6 nitrogen and oxygen atoms in total. The number of anilines is 1. The number of thiophene rings is 1. The standard InChI is InChI=1S/C16H15N3O3S2/c1-2-22-10-5-6-11-13(8-10)24-16(18-11)19-14(20)9-17-15(21)12-4-3-7-23-12/h3-8H,2,9H2,1H3,(H,17,21)(H,18,19,20). The number of ether oxygens (including phenoxy) is 1. The van der Waals surface area contributed by atoms with Crippen molar-refractivity contribution in [2.24, 2.45) is 0 Å². The molecule has 24 heavy (non-hydrogen) atoms. The lowest BCUT2D eigenvalue weighted by Gasteiger charge is -2.03. The zero-order chi connectivity index (χ0) is 16.9. The van der Waals surface area contributed by atoms with Gasteiger partial charge in [-0.25, -0.2) is 4.98 Å². The first kappa shape index (κ1) is 16.4. The Labute approximate surface area is 146 Å². The highest BCUT2D eigenvalue weighted by Crippen LogP contribution is 2.29. The molecule has 1 aromatic carbocycles. The van der Waals surface area contributed by atoms with E-state index in [2.05, 4.69) is 15.6 Å². The molecule has 2 aromatic heterocycles. The highest BCUT2D eigenvalue weighted by Gasteiger charge is 2.11. The minimum absolute atomic E-state index is 0.100. The largest absolute Gasteiger partial charge is 0.494 e. The summed E-state index contributed by atoms with van der Waals surface area (Å²) in [5.41, 5.74) is 0.793. The molecule has 0 radical (unpaired) electrons. The average molecular weight is 361 g/mol. The Morgan fingerprint density at radius 1 is 1.29 bits per heavy atom. The lowest BCUT2D eigenvalue weighted by atomic mass is 10.3. The molecule has 124 valence electrons. The van der Waals surface area contributed by atoms with E-state index in [1.807, 2.05) is 30.5 Å². The lowest BCUT2D eigenvalue weighted by Crippen LogP contribution is -2.32. The van der Waals surface area contributed by atoms with Crippen LogP contribution in [0.25, 0.3) is 10.2 Å². The molecule has 0 saturated heterocycles. The summed E-state index contributed by atoms with van der Waals surface area (Å²) >= 11 is 2.69. The topological polar surface area (TPSA) is 80.3 Å². The van der Waals surface area contributed by atoms with Crippen LogP contribution < -0.4 is 15.4 Å². The number of hydrogen-bond donors (Lipinski definition) is 2. The van der Waals surface area contributed by atoms with Crippen molar-refractivity contribution in [1.29, 1.82) is 0 Å². The van der Waals surface area contributed by atoms with Crippen LogP contribution in [-0.4, -0.2) is 29.9 Å². The molecule has 0 atom stereocenters. The zero-order valence-corrected chi connectivity index (χ0v) is 14.5. The van der Waals surface area contributed by atoms with E-state index < -0.39 is 0 Å². The predicted octanol–water partition coefficient (Wildman–Crippen LogP) is 3.13. The number of thiazole rings is 1. The summed E-state index contributed by atoms with van der Waals surface area (Å²) in [6.07, 6.45) is 0. The van der Waals surface area contributed by atoms with Gasteiger partial charge in [-0.2, -0.15) is 0 Å². The molecule has 0 aliphatic rings. The van der Waals surface area contributed by atoms with Gasteiger partial charge in [0, 0.05) is 0 Å². The van der Waals surface area contributed by atoms with Gasteiger partial charge in [0.05, 0.1) is 28.2 Å². The summed E-state index contributed by atoms with van der Waals surface area (Å²) in [5.74, 6) is 0.199. The van der Waals surface area contributed by atoms with Crippen molar-refractivity contribution in [2.75, 3.05) is 18.5 Å². The summed E-state index contributed by atoms with van der Waals surface area (Å²) in [5, 5.41) is 7.59. The van der Waals surface area contributed by atoms with E-state index >= 15 is 0 Å². The van der Waals surface area contributed by atoms with Crippen LogP contribution >= 0.6 is 22.7 Å². The summed E-state index contributed by atoms with van der Waals surface area (Å²) in [6, 6.07) is 9.09. The van der Waals surface area contributed by atoms with Gasteiger partial charge in [-0.3, -0.25) is 9.59 Å². The second kappa shape index (κ2) is 7.41. The summed E-state index contributed by atoms with van der Waals surface area (Å²) in [7, 11) is 0. The Morgan fingerprint density at radius 2 is 2.17 bits per heavy atom. The second-order valence-corrected chi connectivity index (χ2v) is 6.77. The molecule has 0 bridgehead atoms. The van der Waals surface area contributed by atoms with Crippen LogP contribution in [0.2, 0.25) is 0 Å². The minimum atomic E-state index is -0.316. The Bertz CT molecular complexity index is 859. The molecule has 0 fully saturated rings. The number of carbonyl (C=O) groups excluding carboxylic acids is 2. The summed E-state index contributed by atoms with van der Waals surface area (Å²) in [4.78, 5) is 28.7. The molecule has 0 saturated carbocycles.